The van der Waals surface area contributed by atoms with E-state index in [4.69, 9.17) is 0 Å². The summed E-state index contributed by atoms with van der Waals surface area (Å²) >= 11 is 0. The van der Waals surface area contributed by atoms with Crippen molar-refractivity contribution < 1.29 is 17.0 Å². The van der Waals surface area contributed by atoms with Crippen LogP contribution in [-0.4, -0.2) is 6.16 Å². The van der Waals surface area contributed by atoms with E-state index in [0.29, 0.717) is 0 Å². The zero-order chi connectivity index (χ0) is 16.7. The third kappa shape index (κ3) is 4.29. The highest BCUT2D eigenvalue weighted by atomic mass is 79.9. The van der Waals surface area contributed by atoms with Crippen LogP contribution in [-0.2, 0) is 0 Å². The zero-order valence-electron chi connectivity index (χ0n) is 14.6. The van der Waals surface area contributed by atoms with Crippen LogP contribution in [0.1, 0.15) is 13.3 Å². The fraction of sp³-hybridized carbons (Fsp3) is 0.130. The van der Waals surface area contributed by atoms with Gasteiger partial charge in [0.1, 0.15) is 23.2 Å². The van der Waals surface area contributed by atoms with Crippen LogP contribution in [0.25, 0.3) is 0 Å². The van der Waals surface area contributed by atoms with E-state index in [9.17, 15) is 0 Å². The van der Waals surface area contributed by atoms with Crippen LogP contribution in [0.3, 0.4) is 0 Å². The third-order valence-electron chi connectivity index (χ3n) is 4.37. The molecule has 0 saturated heterocycles. The van der Waals surface area contributed by atoms with E-state index in [-0.39, 0.29) is 17.0 Å². The fourth-order valence-corrected chi connectivity index (χ4v) is 7.25. The lowest BCUT2D eigenvalue weighted by atomic mass is 10.4. The Bertz CT molecular complexity index is 670. The van der Waals surface area contributed by atoms with Gasteiger partial charge in [0.05, 0.1) is 6.16 Å². The van der Waals surface area contributed by atoms with Gasteiger partial charge in [0, 0.05) is 0 Å². The van der Waals surface area contributed by atoms with Crippen molar-refractivity contribution in [2.75, 3.05) is 6.16 Å². The highest BCUT2D eigenvalue weighted by molar-refractivity contribution is 7.95. The largest absolute Gasteiger partial charge is 1.00 e. The summed E-state index contributed by atoms with van der Waals surface area (Å²) in [5, 5.41) is 4.34. The summed E-state index contributed by atoms with van der Waals surface area (Å²) in [6, 6.07) is 33.1. The van der Waals surface area contributed by atoms with Crippen molar-refractivity contribution in [1.82, 2.24) is 0 Å². The van der Waals surface area contributed by atoms with Gasteiger partial charge in [-0.3, -0.25) is 0 Å². The van der Waals surface area contributed by atoms with E-state index >= 15 is 0 Å². The summed E-state index contributed by atoms with van der Waals surface area (Å²) in [5.74, 6) is 0. The molecule has 0 spiro atoms. The molecule has 0 saturated carbocycles. The van der Waals surface area contributed by atoms with Crippen LogP contribution in [0.4, 0.5) is 0 Å². The SMILES string of the molecule is CC/C=C\C[P+](c1ccccc1)(c1ccccc1)c1ccccc1.[Br-]. The van der Waals surface area contributed by atoms with Crippen molar-refractivity contribution in [2.24, 2.45) is 0 Å². The van der Waals surface area contributed by atoms with Crippen molar-refractivity contribution in [2.45, 2.75) is 13.3 Å². The number of halogens is 1. The Labute approximate surface area is 162 Å². The van der Waals surface area contributed by atoms with Gasteiger partial charge in [-0.05, 0) is 42.8 Å². The minimum Gasteiger partial charge on any atom is -1.00 e. The van der Waals surface area contributed by atoms with Crippen LogP contribution < -0.4 is 32.9 Å². The molecule has 0 heterocycles. The van der Waals surface area contributed by atoms with Gasteiger partial charge in [0.15, 0.2) is 0 Å². The van der Waals surface area contributed by atoms with E-state index in [0.717, 1.165) is 12.6 Å². The molecule has 3 rings (SSSR count). The molecule has 0 N–H and O–H groups in total. The summed E-state index contributed by atoms with van der Waals surface area (Å²) in [6.07, 6.45) is 6.82. The Morgan fingerprint density at radius 3 is 1.28 bits per heavy atom. The predicted octanol–water partition coefficient (Wildman–Crippen LogP) is 1.95. The molecule has 0 aliphatic rings. The summed E-state index contributed by atoms with van der Waals surface area (Å²) < 4.78 is 0. The van der Waals surface area contributed by atoms with Crippen LogP contribution in [0.5, 0.6) is 0 Å². The quantitative estimate of drug-likeness (QED) is 0.430. The van der Waals surface area contributed by atoms with Gasteiger partial charge in [-0.1, -0.05) is 73.7 Å². The van der Waals surface area contributed by atoms with Crippen molar-refractivity contribution in [3.05, 3.63) is 103 Å². The average molecular weight is 411 g/mol. The number of rotatable bonds is 6. The molecule has 0 unspecified atom stereocenters. The molecule has 0 amide bonds. The second-order valence-corrected chi connectivity index (χ2v) is 9.41. The summed E-state index contributed by atoms with van der Waals surface area (Å²) in [4.78, 5) is 0. The van der Waals surface area contributed by atoms with Gasteiger partial charge in [-0.2, -0.15) is 0 Å². The molecule has 0 radical (unpaired) electrons. The molecule has 0 fully saturated rings. The van der Waals surface area contributed by atoms with Crippen molar-refractivity contribution in [1.29, 1.82) is 0 Å². The van der Waals surface area contributed by atoms with Crippen LogP contribution in [0.2, 0.25) is 0 Å². The fourth-order valence-electron chi connectivity index (χ4n) is 3.21. The maximum absolute atomic E-state index is 2.38. The Morgan fingerprint density at radius 2 is 0.960 bits per heavy atom. The monoisotopic (exact) mass is 410 g/mol. The first kappa shape index (κ1) is 19.6. The van der Waals surface area contributed by atoms with E-state index in [1.807, 2.05) is 0 Å². The molecule has 0 nitrogen and oxygen atoms in total. The zero-order valence-corrected chi connectivity index (χ0v) is 17.0. The highest BCUT2D eigenvalue weighted by Crippen LogP contribution is 2.55. The lowest BCUT2D eigenvalue weighted by molar-refractivity contribution is -0.00000471. The van der Waals surface area contributed by atoms with Gasteiger partial charge in [0.2, 0.25) is 0 Å². The van der Waals surface area contributed by atoms with Gasteiger partial charge in [-0.15, -0.1) is 0 Å². The number of hydrogen-bond donors (Lipinski definition) is 0. The Morgan fingerprint density at radius 1 is 0.600 bits per heavy atom. The maximum atomic E-state index is 2.38. The van der Waals surface area contributed by atoms with Crippen LogP contribution >= 0.6 is 7.26 Å². The molecular formula is C23H24BrP. The van der Waals surface area contributed by atoms with Crippen molar-refractivity contribution >= 4 is 23.2 Å². The van der Waals surface area contributed by atoms with Crippen LogP contribution in [0.15, 0.2) is 103 Å². The van der Waals surface area contributed by atoms with Crippen molar-refractivity contribution in [3.8, 4) is 0 Å². The maximum Gasteiger partial charge on any atom is 0.115 e. The first-order valence-corrected chi connectivity index (χ1v) is 10.6. The van der Waals surface area contributed by atoms with Gasteiger partial charge >= 0.3 is 0 Å². The minimum atomic E-state index is -1.67. The summed E-state index contributed by atoms with van der Waals surface area (Å²) in [5.41, 5.74) is 0. The molecule has 0 aliphatic carbocycles. The lowest BCUT2D eigenvalue weighted by Crippen LogP contribution is -3.00. The topological polar surface area (TPSA) is 0 Å². The number of allylic oxidation sites excluding steroid dienone is 2. The first-order valence-electron chi connectivity index (χ1n) is 8.58. The van der Waals surface area contributed by atoms with Gasteiger partial charge in [0.25, 0.3) is 0 Å². The molecule has 0 aromatic heterocycles. The highest BCUT2D eigenvalue weighted by Gasteiger charge is 2.43. The normalized spacial score (nSPS) is 11.2. The van der Waals surface area contributed by atoms with E-state index in [1.54, 1.807) is 0 Å². The minimum absolute atomic E-state index is 0. The smallest absolute Gasteiger partial charge is 0.115 e. The predicted molar refractivity (Wildman–Crippen MR) is 109 cm³/mol. The lowest BCUT2D eigenvalue weighted by Gasteiger charge is -2.26. The Hall–Kier alpha value is -1.69. The first-order chi connectivity index (χ1) is 11.9. The van der Waals surface area contributed by atoms with E-state index in [2.05, 4.69) is 110 Å². The molecule has 3 aromatic carbocycles. The number of benzene rings is 3. The molecule has 0 bridgehead atoms. The van der Waals surface area contributed by atoms with Crippen molar-refractivity contribution in [3.63, 3.8) is 0 Å². The number of hydrogen-bond acceptors (Lipinski definition) is 0. The van der Waals surface area contributed by atoms with Crippen LogP contribution in [0, 0.1) is 0 Å². The Balaban J connectivity index is 0.00000225. The third-order valence-corrected chi connectivity index (χ3v) is 8.67. The van der Waals surface area contributed by atoms with Gasteiger partial charge < -0.3 is 17.0 Å². The molecule has 3 aromatic rings. The molecule has 0 aliphatic heterocycles. The van der Waals surface area contributed by atoms with E-state index < -0.39 is 7.26 Å². The second kappa shape index (κ2) is 9.70. The molecule has 2 heteroatoms. The van der Waals surface area contributed by atoms with E-state index in [1.165, 1.54) is 15.9 Å². The van der Waals surface area contributed by atoms with Gasteiger partial charge in [-0.25, -0.2) is 0 Å². The standard InChI is InChI=1S/C23H24P.BrH/c1-2-3-13-20-24(21-14-7-4-8-15-21,22-16-9-5-10-17-22)23-18-11-6-12-19-23;/h3-19H,2,20H2,1H3;1H/q+1;/p-1/b13-3-;. The summed E-state index contributed by atoms with van der Waals surface area (Å²) in [6.45, 7) is 2.20. The molecule has 128 valence electrons. The summed E-state index contributed by atoms with van der Waals surface area (Å²) in [7, 11) is -1.67. The molecule has 25 heavy (non-hydrogen) atoms. The Kier molecular flexibility index (Phi) is 7.62. The molecule has 0 atom stereocenters. The average Bonchev–Trinajstić information content (AvgIpc) is 2.68. The molecular weight excluding hydrogens is 387 g/mol. The second-order valence-electron chi connectivity index (χ2n) is 5.88.